The summed E-state index contributed by atoms with van der Waals surface area (Å²) in [6, 6.07) is 7.71. The molecule has 0 radical (unpaired) electrons. The summed E-state index contributed by atoms with van der Waals surface area (Å²) >= 11 is 0. The predicted octanol–water partition coefficient (Wildman–Crippen LogP) is 4.49. The Morgan fingerprint density at radius 1 is 1.29 bits per heavy atom. The molecular formula is C16H22O4Si. The van der Waals surface area contributed by atoms with Gasteiger partial charge in [0, 0.05) is 5.39 Å². The summed E-state index contributed by atoms with van der Waals surface area (Å²) in [5.74, 6) is 1.37. The highest BCUT2D eigenvalue weighted by Crippen LogP contribution is 2.39. The Bertz CT molecular complexity index is 637. The minimum absolute atomic E-state index is 0.116. The lowest BCUT2D eigenvalue weighted by Gasteiger charge is -2.36. The molecular weight excluding hydrogens is 284 g/mol. The summed E-state index contributed by atoms with van der Waals surface area (Å²) in [6.07, 6.45) is 0. The lowest BCUT2D eigenvalue weighted by molar-refractivity contribution is -0.130. The first-order chi connectivity index (χ1) is 9.74. The number of rotatable bonds is 5. The number of furan rings is 1. The molecule has 1 aromatic carbocycles. The van der Waals surface area contributed by atoms with Crippen LogP contribution in [0.3, 0.4) is 0 Å². The van der Waals surface area contributed by atoms with Crippen molar-refractivity contribution in [3.8, 4) is 5.75 Å². The number of carbonyl (C=O) groups excluding carboxylic acids is 1. The highest BCUT2D eigenvalue weighted by Gasteiger charge is 2.39. The van der Waals surface area contributed by atoms with Crippen molar-refractivity contribution in [2.24, 2.45) is 0 Å². The van der Waals surface area contributed by atoms with E-state index in [-0.39, 0.29) is 11.6 Å². The van der Waals surface area contributed by atoms with E-state index in [1.807, 2.05) is 24.3 Å². The summed E-state index contributed by atoms with van der Waals surface area (Å²) in [7, 11) is -1.93. The highest BCUT2D eigenvalue weighted by atomic mass is 28.4. The van der Waals surface area contributed by atoms with E-state index in [0.29, 0.717) is 17.8 Å². The van der Waals surface area contributed by atoms with Gasteiger partial charge in [0.15, 0.2) is 5.58 Å². The van der Waals surface area contributed by atoms with Gasteiger partial charge in [-0.25, -0.2) is 0 Å². The Morgan fingerprint density at radius 3 is 2.62 bits per heavy atom. The number of para-hydroxylation sites is 1. The second-order valence-electron chi connectivity index (χ2n) is 6.66. The molecule has 0 N–H and O–H groups in total. The van der Waals surface area contributed by atoms with Crippen molar-refractivity contribution in [3.63, 3.8) is 0 Å². The van der Waals surface area contributed by atoms with Crippen LogP contribution in [0.2, 0.25) is 18.1 Å². The zero-order chi connectivity index (χ0) is 15.7. The van der Waals surface area contributed by atoms with Gasteiger partial charge >= 0.3 is 0 Å². The molecule has 4 nitrogen and oxygen atoms in total. The van der Waals surface area contributed by atoms with E-state index in [1.54, 1.807) is 0 Å². The van der Waals surface area contributed by atoms with Gasteiger partial charge in [0.2, 0.25) is 0 Å². The van der Waals surface area contributed by atoms with Crippen LogP contribution in [0.25, 0.3) is 11.0 Å². The smallest absolute Gasteiger partial charge is 0.293 e. The SMILES string of the molecule is CC(C)(C)[Si](C)(C)Oc1cccc2cc(COC=O)oc12. The molecule has 114 valence electrons. The second-order valence-corrected chi connectivity index (χ2v) is 11.4. The summed E-state index contributed by atoms with van der Waals surface area (Å²) in [5.41, 5.74) is 0.715. The van der Waals surface area contributed by atoms with Crippen LogP contribution in [-0.4, -0.2) is 14.8 Å². The van der Waals surface area contributed by atoms with Gasteiger partial charge in [-0.2, -0.15) is 0 Å². The number of hydrogen-bond donors (Lipinski definition) is 0. The lowest BCUT2D eigenvalue weighted by atomic mass is 10.2. The molecule has 0 aliphatic carbocycles. The van der Waals surface area contributed by atoms with Crippen LogP contribution in [0.5, 0.6) is 5.75 Å². The fourth-order valence-electron chi connectivity index (χ4n) is 1.79. The minimum atomic E-state index is -1.93. The monoisotopic (exact) mass is 306 g/mol. The molecule has 1 aromatic heterocycles. The third-order valence-electron chi connectivity index (χ3n) is 4.02. The van der Waals surface area contributed by atoms with Crippen molar-refractivity contribution in [1.29, 1.82) is 0 Å². The zero-order valence-electron chi connectivity index (χ0n) is 13.2. The van der Waals surface area contributed by atoms with Crippen LogP contribution in [0.15, 0.2) is 28.7 Å². The molecule has 5 heteroatoms. The molecule has 2 aromatic rings. The van der Waals surface area contributed by atoms with Gasteiger partial charge in [-0.1, -0.05) is 32.9 Å². The van der Waals surface area contributed by atoms with Gasteiger partial charge in [-0.05, 0) is 30.3 Å². The Hall–Kier alpha value is -1.75. The summed E-state index contributed by atoms with van der Waals surface area (Å²) in [5, 5.41) is 1.07. The molecule has 0 aliphatic rings. The maximum absolute atomic E-state index is 10.3. The van der Waals surface area contributed by atoms with Gasteiger partial charge in [0.25, 0.3) is 14.8 Å². The third kappa shape index (κ3) is 3.29. The first kappa shape index (κ1) is 15.6. The van der Waals surface area contributed by atoms with Gasteiger partial charge < -0.3 is 13.6 Å². The van der Waals surface area contributed by atoms with E-state index < -0.39 is 8.32 Å². The number of benzene rings is 1. The first-order valence-corrected chi connectivity index (χ1v) is 9.91. The average molecular weight is 306 g/mol. The Morgan fingerprint density at radius 2 is 2.00 bits per heavy atom. The summed E-state index contributed by atoms with van der Waals surface area (Å²) in [6.45, 7) is 11.6. The van der Waals surface area contributed by atoms with Crippen molar-refractivity contribution in [1.82, 2.24) is 0 Å². The van der Waals surface area contributed by atoms with Gasteiger partial charge in [-0.15, -0.1) is 0 Å². The molecule has 1 heterocycles. The summed E-state index contributed by atoms with van der Waals surface area (Å²) in [4.78, 5) is 10.3. The van der Waals surface area contributed by atoms with Crippen molar-refractivity contribution in [2.75, 3.05) is 0 Å². The maximum atomic E-state index is 10.3. The maximum Gasteiger partial charge on any atom is 0.293 e. The minimum Gasteiger partial charge on any atom is -0.541 e. The van der Waals surface area contributed by atoms with Crippen LogP contribution in [0, 0.1) is 0 Å². The standard InChI is InChI=1S/C16H22O4Si/c1-16(2,3)21(4,5)20-14-8-6-7-12-9-13(10-18-11-17)19-15(12)14/h6-9,11H,10H2,1-5H3. The van der Waals surface area contributed by atoms with Gasteiger partial charge in [0.05, 0.1) is 0 Å². The number of hydrogen-bond acceptors (Lipinski definition) is 4. The molecule has 0 atom stereocenters. The molecule has 21 heavy (non-hydrogen) atoms. The average Bonchev–Trinajstić information content (AvgIpc) is 2.78. The van der Waals surface area contributed by atoms with Crippen LogP contribution in [0.1, 0.15) is 26.5 Å². The fraction of sp³-hybridized carbons (Fsp3) is 0.438. The van der Waals surface area contributed by atoms with Crippen molar-refractivity contribution >= 4 is 25.8 Å². The van der Waals surface area contributed by atoms with E-state index in [0.717, 1.165) is 11.1 Å². The zero-order valence-corrected chi connectivity index (χ0v) is 14.2. The fourth-order valence-corrected chi connectivity index (χ4v) is 2.80. The number of carbonyl (C=O) groups is 1. The molecule has 0 saturated carbocycles. The molecule has 0 fully saturated rings. The Kier molecular flexibility index (Phi) is 4.14. The molecule has 2 rings (SSSR count). The normalized spacial score (nSPS) is 12.4. The third-order valence-corrected chi connectivity index (χ3v) is 8.37. The van der Waals surface area contributed by atoms with E-state index >= 15 is 0 Å². The second kappa shape index (κ2) is 5.56. The molecule has 0 unspecified atom stereocenters. The molecule has 0 spiro atoms. The van der Waals surface area contributed by atoms with Crippen LogP contribution < -0.4 is 4.43 Å². The first-order valence-electron chi connectivity index (χ1n) is 7.00. The predicted molar refractivity (Wildman–Crippen MR) is 84.9 cm³/mol. The van der Waals surface area contributed by atoms with Crippen molar-refractivity contribution < 1.29 is 18.4 Å². The van der Waals surface area contributed by atoms with E-state index in [1.165, 1.54) is 0 Å². The molecule has 0 bridgehead atoms. The quantitative estimate of drug-likeness (QED) is 0.603. The molecule has 0 amide bonds. The highest BCUT2D eigenvalue weighted by molar-refractivity contribution is 6.74. The van der Waals surface area contributed by atoms with E-state index in [2.05, 4.69) is 33.9 Å². The molecule has 0 saturated heterocycles. The number of ether oxygens (including phenoxy) is 1. The van der Waals surface area contributed by atoms with Crippen molar-refractivity contribution in [3.05, 3.63) is 30.0 Å². The van der Waals surface area contributed by atoms with E-state index in [9.17, 15) is 4.79 Å². The van der Waals surface area contributed by atoms with E-state index in [4.69, 9.17) is 13.6 Å². The lowest BCUT2D eigenvalue weighted by Crippen LogP contribution is -2.43. The summed E-state index contributed by atoms with van der Waals surface area (Å²) < 4.78 is 16.8. The molecule has 0 aliphatic heterocycles. The van der Waals surface area contributed by atoms with Crippen molar-refractivity contribution in [2.45, 2.75) is 45.5 Å². The Balaban J connectivity index is 2.36. The largest absolute Gasteiger partial charge is 0.541 e. The Labute approximate surface area is 126 Å². The number of fused-ring (bicyclic) bond motifs is 1. The van der Waals surface area contributed by atoms with Gasteiger partial charge in [-0.3, -0.25) is 4.79 Å². The topological polar surface area (TPSA) is 48.7 Å². The van der Waals surface area contributed by atoms with Crippen LogP contribution in [-0.2, 0) is 16.1 Å². The van der Waals surface area contributed by atoms with Crippen LogP contribution in [0.4, 0.5) is 0 Å². The van der Waals surface area contributed by atoms with Gasteiger partial charge in [0.1, 0.15) is 18.1 Å². The van der Waals surface area contributed by atoms with Crippen LogP contribution >= 0.6 is 0 Å².